The standard InChI is InChI=1S/C15H14N2O3/c1-20-13-7-3-4-10(8-16)14(13)17-9-11-5-2-6-12(18)15(11)19/h2-7,17-19H,9H2,1H3. The van der Waals surface area contributed by atoms with Crippen molar-refractivity contribution in [2.45, 2.75) is 6.54 Å². The van der Waals surface area contributed by atoms with E-state index in [9.17, 15) is 10.2 Å². The van der Waals surface area contributed by atoms with Gasteiger partial charge in [-0.1, -0.05) is 18.2 Å². The van der Waals surface area contributed by atoms with Crippen molar-refractivity contribution in [1.29, 1.82) is 5.26 Å². The Morgan fingerprint density at radius 2 is 1.95 bits per heavy atom. The highest BCUT2D eigenvalue weighted by Crippen LogP contribution is 2.31. The molecule has 0 atom stereocenters. The van der Waals surface area contributed by atoms with Gasteiger partial charge in [0.15, 0.2) is 11.5 Å². The van der Waals surface area contributed by atoms with Crippen LogP contribution in [0.2, 0.25) is 0 Å². The summed E-state index contributed by atoms with van der Waals surface area (Å²) in [4.78, 5) is 0. The van der Waals surface area contributed by atoms with E-state index in [2.05, 4.69) is 11.4 Å². The van der Waals surface area contributed by atoms with E-state index >= 15 is 0 Å². The Kier molecular flexibility index (Phi) is 3.96. The fourth-order valence-corrected chi connectivity index (χ4v) is 1.88. The molecule has 0 aromatic heterocycles. The number of nitrogens with zero attached hydrogens (tertiary/aromatic N) is 1. The molecule has 0 radical (unpaired) electrons. The van der Waals surface area contributed by atoms with Crippen molar-refractivity contribution < 1.29 is 14.9 Å². The number of nitriles is 1. The van der Waals surface area contributed by atoms with Gasteiger partial charge in [-0.2, -0.15) is 5.26 Å². The summed E-state index contributed by atoms with van der Waals surface area (Å²) in [7, 11) is 1.52. The van der Waals surface area contributed by atoms with E-state index in [0.717, 1.165) is 0 Å². The number of methoxy groups -OCH3 is 1. The van der Waals surface area contributed by atoms with Gasteiger partial charge < -0.3 is 20.3 Å². The lowest BCUT2D eigenvalue weighted by Gasteiger charge is -2.13. The van der Waals surface area contributed by atoms with Crippen LogP contribution in [0.15, 0.2) is 36.4 Å². The fraction of sp³-hybridized carbons (Fsp3) is 0.133. The zero-order valence-corrected chi connectivity index (χ0v) is 10.9. The number of hydrogen-bond donors (Lipinski definition) is 3. The maximum Gasteiger partial charge on any atom is 0.162 e. The van der Waals surface area contributed by atoms with Gasteiger partial charge in [-0.15, -0.1) is 0 Å². The van der Waals surface area contributed by atoms with Crippen molar-refractivity contribution in [3.63, 3.8) is 0 Å². The molecule has 2 aromatic rings. The van der Waals surface area contributed by atoms with Crippen LogP contribution in [-0.4, -0.2) is 17.3 Å². The van der Waals surface area contributed by atoms with Crippen LogP contribution in [-0.2, 0) is 6.54 Å². The molecule has 2 rings (SSSR count). The van der Waals surface area contributed by atoms with Gasteiger partial charge in [-0.05, 0) is 18.2 Å². The smallest absolute Gasteiger partial charge is 0.162 e. The zero-order chi connectivity index (χ0) is 14.5. The van der Waals surface area contributed by atoms with E-state index in [1.807, 2.05) is 0 Å². The Labute approximate surface area is 116 Å². The van der Waals surface area contributed by atoms with E-state index in [1.54, 1.807) is 30.3 Å². The first-order chi connectivity index (χ1) is 9.67. The molecule has 0 aliphatic carbocycles. The second-order valence-corrected chi connectivity index (χ2v) is 4.13. The molecule has 2 aromatic carbocycles. The molecule has 0 aliphatic heterocycles. The number of hydrogen-bond acceptors (Lipinski definition) is 5. The van der Waals surface area contributed by atoms with Gasteiger partial charge in [0.05, 0.1) is 18.4 Å². The SMILES string of the molecule is COc1cccc(C#N)c1NCc1cccc(O)c1O. The van der Waals surface area contributed by atoms with Crippen LogP contribution in [0.25, 0.3) is 0 Å². The summed E-state index contributed by atoms with van der Waals surface area (Å²) in [6, 6.07) is 12.0. The molecular weight excluding hydrogens is 256 g/mol. The maximum atomic E-state index is 9.74. The molecule has 0 spiro atoms. The van der Waals surface area contributed by atoms with Crippen molar-refractivity contribution in [3.05, 3.63) is 47.5 Å². The average Bonchev–Trinajstić information content (AvgIpc) is 2.48. The molecule has 0 aliphatic rings. The first-order valence-electron chi connectivity index (χ1n) is 5.98. The van der Waals surface area contributed by atoms with Crippen molar-refractivity contribution in [3.8, 4) is 23.3 Å². The Bertz CT molecular complexity index is 663. The minimum atomic E-state index is -0.176. The predicted octanol–water partition coefficient (Wildman–Crippen LogP) is 2.59. The highest BCUT2D eigenvalue weighted by molar-refractivity contribution is 5.66. The Hall–Kier alpha value is -2.87. The second kappa shape index (κ2) is 5.85. The minimum absolute atomic E-state index is 0.173. The first-order valence-corrected chi connectivity index (χ1v) is 5.98. The van der Waals surface area contributed by atoms with Crippen LogP contribution in [0.4, 0.5) is 5.69 Å². The average molecular weight is 270 g/mol. The third-order valence-electron chi connectivity index (χ3n) is 2.92. The molecule has 3 N–H and O–H groups in total. The lowest BCUT2D eigenvalue weighted by Crippen LogP contribution is -2.03. The molecule has 20 heavy (non-hydrogen) atoms. The third kappa shape index (κ3) is 2.59. The second-order valence-electron chi connectivity index (χ2n) is 4.13. The zero-order valence-electron chi connectivity index (χ0n) is 10.9. The summed E-state index contributed by atoms with van der Waals surface area (Å²) < 4.78 is 5.20. The molecular formula is C15H14N2O3. The Balaban J connectivity index is 2.27. The number of nitrogens with one attached hydrogen (secondary N) is 1. The molecule has 102 valence electrons. The number of para-hydroxylation sites is 2. The van der Waals surface area contributed by atoms with Crippen LogP contribution in [0.1, 0.15) is 11.1 Å². The molecule has 0 saturated carbocycles. The van der Waals surface area contributed by atoms with Gasteiger partial charge in [-0.25, -0.2) is 0 Å². The Morgan fingerprint density at radius 1 is 1.20 bits per heavy atom. The number of benzene rings is 2. The maximum absolute atomic E-state index is 9.74. The lowest BCUT2D eigenvalue weighted by molar-refractivity contribution is 0.399. The van der Waals surface area contributed by atoms with Gasteiger partial charge in [-0.3, -0.25) is 0 Å². The summed E-state index contributed by atoms with van der Waals surface area (Å²) in [6.45, 7) is 0.259. The quantitative estimate of drug-likeness (QED) is 0.743. The van der Waals surface area contributed by atoms with E-state index in [0.29, 0.717) is 22.6 Å². The minimum Gasteiger partial charge on any atom is -0.504 e. The van der Waals surface area contributed by atoms with Crippen molar-refractivity contribution in [1.82, 2.24) is 0 Å². The van der Waals surface area contributed by atoms with Gasteiger partial charge in [0.1, 0.15) is 11.8 Å². The van der Waals surface area contributed by atoms with E-state index in [-0.39, 0.29) is 18.0 Å². The largest absolute Gasteiger partial charge is 0.504 e. The van der Waals surface area contributed by atoms with Crippen molar-refractivity contribution >= 4 is 5.69 Å². The molecule has 5 heteroatoms. The monoisotopic (exact) mass is 270 g/mol. The van der Waals surface area contributed by atoms with E-state index in [4.69, 9.17) is 10.00 Å². The molecule has 0 unspecified atom stereocenters. The van der Waals surface area contributed by atoms with Crippen LogP contribution < -0.4 is 10.1 Å². The third-order valence-corrected chi connectivity index (χ3v) is 2.92. The normalized spacial score (nSPS) is 9.80. The summed E-state index contributed by atoms with van der Waals surface area (Å²) in [5.41, 5.74) is 1.53. The Morgan fingerprint density at radius 3 is 2.65 bits per heavy atom. The number of anilines is 1. The molecule has 0 bridgehead atoms. The van der Waals surface area contributed by atoms with Gasteiger partial charge in [0.25, 0.3) is 0 Å². The molecule has 0 heterocycles. The molecule has 5 nitrogen and oxygen atoms in total. The van der Waals surface area contributed by atoms with Crippen molar-refractivity contribution in [2.75, 3.05) is 12.4 Å². The first kappa shape index (κ1) is 13.6. The lowest BCUT2D eigenvalue weighted by atomic mass is 10.1. The van der Waals surface area contributed by atoms with Crippen LogP contribution in [0.3, 0.4) is 0 Å². The molecule has 0 amide bonds. The van der Waals surface area contributed by atoms with Gasteiger partial charge >= 0.3 is 0 Å². The van der Waals surface area contributed by atoms with E-state index in [1.165, 1.54) is 13.2 Å². The number of phenolic OH excluding ortho intramolecular Hbond substituents is 2. The topological polar surface area (TPSA) is 85.5 Å². The number of ether oxygens (including phenoxy) is 1. The number of phenols is 2. The van der Waals surface area contributed by atoms with Gasteiger partial charge in [0.2, 0.25) is 0 Å². The van der Waals surface area contributed by atoms with Crippen LogP contribution >= 0.6 is 0 Å². The highest BCUT2D eigenvalue weighted by atomic mass is 16.5. The molecule has 0 saturated heterocycles. The highest BCUT2D eigenvalue weighted by Gasteiger charge is 2.10. The summed E-state index contributed by atoms with van der Waals surface area (Å²) >= 11 is 0. The summed E-state index contributed by atoms with van der Waals surface area (Å²) in [6.07, 6.45) is 0. The van der Waals surface area contributed by atoms with Crippen LogP contribution in [0, 0.1) is 11.3 Å². The fourth-order valence-electron chi connectivity index (χ4n) is 1.88. The predicted molar refractivity (Wildman–Crippen MR) is 74.8 cm³/mol. The molecule has 0 fully saturated rings. The summed E-state index contributed by atoms with van der Waals surface area (Å²) in [5.74, 6) is 0.196. The van der Waals surface area contributed by atoms with Gasteiger partial charge in [0, 0.05) is 12.1 Å². The van der Waals surface area contributed by atoms with E-state index < -0.39 is 0 Å². The van der Waals surface area contributed by atoms with Crippen molar-refractivity contribution in [2.24, 2.45) is 0 Å². The number of rotatable bonds is 4. The van der Waals surface area contributed by atoms with Crippen LogP contribution in [0.5, 0.6) is 17.2 Å². The summed E-state index contributed by atoms with van der Waals surface area (Å²) in [5, 5.41) is 31.3. The number of aromatic hydroxyl groups is 2.